The van der Waals surface area contributed by atoms with Crippen LogP contribution >= 0.6 is 0 Å². The van der Waals surface area contributed by atoms with Gasteiger partial charge in [-0.3, -0.25) is 0 Å². The second kappa shape index (κ2) is 2.02. The zero-order valence-corrected chi connectivity index (χ0v) is 4.46. The van der Waals surface area contributed by atoms with E-state index in [1.165, 1.54) is 12.3 Å². The largest absolute Gasteiger partial charge is 0.452 e. The van der Waals surface area contributed by atoms with Crippen molar-refractivity contribution in [3.8, 4) is 12.1 Å². The third kappa shape index (κ3) is 0.756. The molecule has 0 spiro atoms. The van der Waals surface area contributed by atoms with Gasteiger partial charge in [0.1, 0.15) is 17.7 Å². The van der Waals surface area contributed by atoms with Crippen molar-refractivity contribution in [2.45, 2.75) is 0 Å². The Kier molecular flexibility index (Phi) is 1.21. The zero-order valence-electron chi connectivity index (χ0n) is 4.46. The fraction of sp³-hybridized carbons (Fsp3) is 0. The van der Waals surface area contributed by atoms with E-state index in [1.807, 2.05) is 6.07 Å². The highest BCUT2D eigenvalue weighted by Crippen LogP contribution is 2.05. The van der Waals surface area contributed by atoms with Crippen LogP contribution in [0.2, 0.25) is 0 Å². The van der Waals surface area contributed by atoms with Crippen LogP contribution in [0.15, 0.2) is 16.7 Å². The molecule has 1 aromatic heterocycles. The van der Waals surface area contributed by atoms with Crippen molar-refractivity contribution in [3.63, 3.8) is 0 Å². The highest BCUT2D eigenvalue weighted by atomic mass is 16.3. The van der Waals surface area contributed by atoms with Crippen LogP contribution in [0.25, 0.3) is 0 Å². The molecule has 0 aliphatic carbocycles. The number of hydrogen-bond donors (Lipinski definition) is 0. The molecule has 0 fully saturated rings. The lowest BCUT2D eigenvalue weighted by molar-refractivity contribution is 0.552. The Bertz CT molecular complexity index is 258. The molecule has 1 heterocycles. The predicted molar refractivity (Wildman–Crippen MR) is 28.1 cm³/mol. The molecule has 42 valence electrons. The molecule has 0 amide bonds. The van der Waals surface area contributed by atoms with Crippen LogP contribution in [0.5, 0.6) is 0 Å². The van der Waals surface area contributed by atoms with E-state index in [-0.39, 0.29) is 11.3 Å². The molecule has 0 aliphatic heterocycles. The predicted octanol–water partition coefficient (Wildman–Crippen LogP) is 1.02. The van der Waals surface area contributed by atoms with Crippen LogP contribution in [0, 0.1) is 22.7 Å². The maximum absolute atomic E-state index is 8.28. The lowest BCUT2D eigenvalue weighted by Gasteiger charge is -1.73. The van der Waals surface area contributed by atoms with Gasteiger partial charge in [0.25, 0.3) is 0 Å². The van der Waals surface area contributed by atoms with Crippen LogP contribution in [-0.2, 0) is 0 Å². The van der Waals surface area contributed by atoms with E-state index < -0.39 is 0 Å². The van der Waals surface area contributed by atoms with Gasteiger partial charge in [0.05, 0.1) is 6.26 Å². The van der Waals surface area contributed by atoms with E-state index in [4.69, 9.17) is 10.5 Å². The SMILES string of the molecule is N#Cc1ccoc1C#N. The Labute approximate surface area is 51.7 Å². The Morgan fingerprint density at radius 2 is 2.11 bits per heavy atom. The van der Waals surface area contributed by atoms with Gasteiger partial charge in [-0.15, -0.1) is 0 Å². The Morgan fingerprint density at radius 1 is 1.33 bits per heavy atom. The van der Waals surface area contributed by atoms with E-state index in [0.717, 1.165) is 0 Å². The summed E-state index contributed by atoms with van der Waals surface area (Å²) in [6.45, 7) is 0. The van der Waals surface area contributed by atoms with Crippen LogP contribution in [-0.4, -0.2) is 0 Å². The van der Waals surface area contributed by atoms with Crippen molar-refractivity contribution in [2.75, 3.05) is 0 Å². The number of nitrogens with zero attached hydrogens (tertiary/aromatic N) is 2. The molecule has 0 N–H and O–H groups in total. The van der Waals surface area contributed by atoms with Gasteiger partial charge < -0.3 is 4.42 Å². The van der Waals surface area contributed by atoms with Crippen molar-refractivity contribution >= 4 is 0 Å². The van der Waals surface area contributed by atoms with Crippen molar-refractivity contribution in [3.05, 3.63) is 23.7 Å². The molecule has 1 rings (SSSR count). The third-order valence-corrected chi connectivity index (χ3v) is 0.887. The zero-order chi connectivity index (χ0) is 6.69. The first kappa shape index (κ1) is 5.40. The van der Waals surface area contributed by atoms with Gasteiger partial charge in [0.15, 0.2) is 0 Å². The van der Waals surface area contributed by atoms with Gasteiger partial charge in [0, 0.05) is 0 Å². The molecule has 3 heteroatoms. The summed E-state index contributed by atoms with van der Waals surface area (Å²) in [5, 5.41) is 16.5. The van der Waals surface area contributed by atoms with Gasteiger partial charge in [-0.05, 0) is 6.07 Å². The van der Waals surface area contributed by atoms with E-state index in [9.17, 15) is 0 Å². The Morgan fingerprint density at radius 3 is 2.56 bits per heavy atom. The number of hydrogen-bond acceptors (Lipinski definition) is 3. The summed E-state index contributed by atoms with van der Waals surface area (Å²) in [5.74, 6) is 0.0810. The smallest absolute Gasteiger partial charge is 0.220 e. The molecule has 0 aromatic carbocycles. The molecule has 0 aliphatic rings. The summed E-state index contributed by atoms with van der Waals surface area (Å²) < 4.78 is 4.62. The molecule has 0 radical (unpaired) electrons. The minimum absolute atomic E-state index is 0.0810. The summed E-state index contributed by atoms with van der Waals surface area (Å²) in [7, 11) is 0. The fourth-order valence-electron chi connectivity index (χ4n) is 0.484. The number of furan rings is 1. The molecule has 0 unspecified atom stereocenters. The first-order valence-electron chi connectivity index (χ1n) is 2.26. The van der Waals surface area contributed by atoms with E-state index in [1.54, 1.807) is 6.07 Å². The standard InChI is InChI=1S/C6H2N2O/c7-3-5-1-2-9-6(5)4-8/h1-2H. The molecule has 0 bridgehead atoms. The van der Waals surface area contributed by atoms with Crippen molar-refractivity contribution in [1.29, 1.82) is 10.5 Å². The second-order valence-corrected chi connectivity index (χ2v) is 1.39. The summed E-state index contributed by atoms with van der Waals surface area (Å²) in [4.78, 5) is 0. The van der Waals surface area contributed by atoms with Crippen molar-refractivity contribution in [2.24, 2.45) is 0 Å². The first-order chi connectivity index (χ1) is 4.38. The van der Waals surface area contributed by atoms with Crippen LogP contribution in [0.3, 0.4) is 0 Å². The number of rotatable bonds is 0. The topological polar surface area (TPSA) is 60.7 Å². The van der Waals surface area contributed by atoms with Gasteiger partial charge in [0.2, 0.25) is 5.76 Å². The minimum atomic E-state index is 0.0810. The van der Waals surface area contributed by atoms with Crippen LogP contribution in [0.4, 0.5) is 0 Å². The lowest BCUT2D eigenvalue weighted by atomic mass is 10.3. The molecule has 9 heavy (non-hydrogen) atoms. The first-order valence-corrected chi connectivity index (χ1v) is 2.26. The highest BCUT2D eigenvalue weighted by Gasteiger charge is 2.01. The molecule has 3 nitrogen and oxygen atoms in total. The van der Waals surface area contributed by atoms with E-state index in [2.05, 4.69) is 4.42 Å². The average Bonchev–Trinajstić information content (AvgIpc) is 2.33. The second-order valence-electron chi connectivity index (χ2n) is 1.39. The van der Waals surface area contributed by atoms with Crippen LogP contribution < -0.4 is 0 Å². The number of nitriles is 2. The summed E-state index contributed by atoms with van der Waals surface area (Å²) in [6.07, 6.45) is 1.32. The summed E-state index contributed by atoms with van der Waals surface area (Å²) in [6, 6.07) is 5.00. The normalized spacial score (nSPS) is 7.78. The molecule has 0 atom stereocenters. The van der Waals surface area contributed by atoms with Gasteiger partial charge >= 0.3 is 0 Å². The van der Waals surface area contributed by atoms with E-state index in [0.29, 0.717) is 0 Å². The molecular formula is C6H2N2O. The van der Waals surface area contributed by atoms with Gasteiger partial charge in [-0.1, -0.05) is 0 Å². The Balaban J connectivity index is 3.22. The molecule has 0 saturated heterocycles. The van der Waals surface area contributed by atoms with Crippen molar-refractivity contribution in [1.82, 2.24) is 0 Å². The maximum Gasteiger partial charge on any atom is 0.220 e. The monoisotopic (exact) mass is 118 g/mol. The summed E-state index contributed by atoms with van der Waals surface area (Å²) >= 11 is 0. The lowest BCUT2D eigenvalue weighted by Crippen LogP contribution is -1.70. The van der Waals surface area contributed by atoms with Crippen molar-refractivity contribution < 1.29 is 4.42 Å². The average molecular weight is 118 g/mol. The van der Waals surface area contributed by atoms with Gasteiger partial charge in [-0.2, -0.15) is 10.5 Å². The minimum Gasteiger partial charge on any atom is -0.452 e. The molecule has 0 saturated carbocycles. The Hall–Kier alpha value is -1.74. The van der Waals surface area contributed by atoms with Crippen LogP contribution in [0.1, 0.15) is 11.3 Å². The fourth-order valence-corrected chi connectivity index (χ4v) is 0.484. The van der Waals surface area contributed by atoms with Gasteiger partial charge in [-0.25, -0.2) is 0 Å². The third-order valence-electron chi connectivity index (χ3n) is 0.887. The quantitative estimate of drug-likeness (QED) is 0.511. The maximum atomic E-state index is 8.28. The highest BCUT2D eigenvalue weighted by molar-refractivity contribution is 5.37. The molecular weight excluding hydrogens is 116 g/mol. The summed E-state index contributed by atoms with van der Waals surface area (Å²) in [5.41, 5.74) is 0.289. The molecule has 1 aromatic rings. The van der Waals surface area contributed by atoms with E-state index >= 15 is 0 Å².